The monoisotopic (exact) mass is 378 g/mol. The summed E-state index contributed by atoms with van der Waals surface area (Å²) in [6.07, 6.45) is 0. The smallest absolute Gasteiger partial charge is 0.00987 e. The Morgan fingerprint density at radius 3 is 1.37 bits per heavy atom. The van der Waals surface area contributed by atoms with E-state index in [-0.39, 0.29) is 0 Å². The first-order chi connectivity index (χ1) is 14.8. The van der Waals surface area contributed by atoms with Crippen LogP contribution in [0.3, 0.4) is 0 Å². The van der Waals surface area contributed by atoms with Crippen LogP contribution >= 0.6 is 0 Å². The minimum Gasteiger partial charge on any atom is -0.0616 e. The predicted molar refractivity (Wildman–Crippen MR) is 131 cm³/mol. The summed E-state index contributed by atoms with van der Waals surface area (Å²) in [5, 5.41) is 15.7. The highest BCUT2D eigenvalue weighted by atomic mass is 14.1. The van der Waals surface area contributed by atoms with Crippen molar-refractivity contribution < 1.29 is 0 Å². The second-order valence-corrected chi connectivity index (χ2v) is 8.23. The zero-order chi connectivity index (χ0) is 19.7. The molecule has 0 saturated heterocycles. The summed E-state index contributed by atoms with van der Waals surface area (Å²) in [7, 11) is 0. The van der Waals surface area contributed by atoms with Crippen molar-refractivity contribution in [3.8, 4) is 0 Å². The molecule has 0 spiro atoms. The third-order valence-corrected chi connectivity index (χ3v) is 6.56. The van der Waals surface area contributed by atoms with Gasteiger partial charge in [0.15, 0.2) is 0 Å². The molecule has 0 atom stereocenters. The van der Waals surface area contributed by atoms with E-state index in [2.05, 4.69) is 109 Å². The summed E-state index contributed by atoms with van der Waals surface area (Å²) in [4.78, 5) is 0. The second-order valence-electron chi connectivity index (χ2n) is 8.23. The molecule has 0 radical (unpaired) electrons. The van der Waals surface area contributed by atoms with Crippen LogP contribution in [0.25, 0.3) is 64.6 Å². The van der Waals surface area contributed by atoms with Gasteiger partial charge in [-0.1, -0.05) is 84.9 Å². The van der Waals surface area contributed by atoms with Crippen molar-refractivity contribution in [3.05, 3.63) is 109 Å². The Morgan fingerprint density at radius 2 is 0.667 bits per heavy atom. The van der Waals surface area contributed by atoms with Crippen LogP contribution < -0.4 is 0 Å². The first kappa shape index (κ1) is 16.0. The molecule has 0 N–H and O–H groups in total. The maximum atomic E-state index is 2.38. The molecule has 0 aromatic heterocycles. The van der Waals surface area contributed by atoms with Gasteiger partial charge in [-0.3, -0.25) is 0 Å². The number of rotatable bonds is 0. The molecule has 7 rings (SSSR count). The minimum absolute atomic E-state index is 1.29. The largest absolute Gasteiger partial charge is 0.0616 e. The van der Waals surface area contributed by atoms with Gasteiger partial charge >= 0.3 is 0 Å². The van der Waals surface area contributed by atoms with Crippen LogP contribution in [0.2, 0.25) is 0 Å². The van der Waals surface area contributed by atoms with Crippen LogP contribution in [-0.2, 0) is 0 Å². The van der Waals surface area contributed by atoms with E-state index in [1.807, 2.05) is 0 Å². The Labute approximate surface area is 174 Å². The van der Waals surface area contributed by atoms with Gasteiger partial charge in [0, 0.05) is 0 Å². The van der Waals surface area contributed by atoms with Gasteiger partial charge < -0.3 is 0 Å². The molecular formula is C30H18. The predicted octanol–water partition coefficient (Wildman–Crippen LogP) is 8.61. The Bertz CT molecular complexity index is 1790. The highest BCUT2D eigenvalue weighted by Gasteiger charge is 2.08. The van der Waals surface area contributed by atoms with Crippen LogP contribution in [0, 0.1) is 0 Å². The van der Waals surface area contributed by atoms with Gasteiger partial charge in [-0.15, -0.1) is 0 Å². The van der Waals surface area contributed by atoms with E-state index in [4.69, 9.17) is 0 Å². The van der Waals surface area contributed by atoms with Gasteiger partial charge in [-0.25, -0.2) is 0 Å². The van der Waals surface area contributed by atoms with E-state index in [9.17, 15) is 0 Å². The number of hydrogen-bond acceptors (Lipinski definition) is 0. The topological polar surface area (TPSA) is 0 Å². The van der Waals surface area contributed by atoms with Crippen LogP contribution in [0.5, 0.6) is 0 Å². The van der Waals surface area contributed by atoms with Crippen molar-refractivity contribution in [1.82, 2.24) is 0 Å². The second kappa shape index (κ2) is 5.81. The summed E-state index contributed by atoms with van der Waals surface area (Å²) >= 11 is 0. The van der Waals surface area contributed by atoms with Crippen molar-refractivity contribution >= 4 is 64.6 Å². The minimum atomic E-state index is 1.29. The Hall–Kier alpha value is -3.90. The molecule has 0 fully saturated rings. The number of fused-ring (bicyclic) bond motifs is 9. The normalized spacial score (nSPS) is 12.0. The molecule has 0 aliphatic rings. The standard InChI is InChI=1S/C30H18/c1-3-7-25-20(6-1)11-13-28-27(25)14-12-22-16-23-15-21-10-9-19-5-2-4-8-26(19)29(21)17-24(23)18-30(22)28/h1-18H. The van der Waals surface area contributed by atoms with Crippen LogP contribution in [0.15, 0.2) is 109 Å². The molecule has 7 aromatic rings. The van der Waals surface area contributed by atoms with Crippen LogP contribution in [-0.4, -0.2) is 0 Å². The Morgan fingerprint density at radius 1 is 0.233 bits per heavy atom. The quantitative estimate of drug-likeness (QED) is 0.183. The molecule has 0 aliphatic carbocycles. The number of benzene rings is 7. The fourth-order valence-electron chi connectivity index (χ4n) is 5.08. The third-order valence-electron chi connectivity index (χ3n) is 6.56. The molecular weight excluding hydrogens is 360 g/mol. The maximum absolute atomic E-state index is 2.38. The van der Waals surface area contributed by atoms with Crippen LogP contribution in [0.4, 0.5) is 0 Å². The summed E-state index contributed by atoms with van der Waals surface area (Å²) in [5.74, 6) is 0. The van der Waals surface area contributed by atoms with Crippen molar-refractivity contribution in [3.63, 3.8) is 0 Å². The zero-order valence-electron chi connectivity index (χ0n) is 16.4. The van der Waals surface area contributed by atoms with Crippen molar-refractivity contribution in [2.24, 2.45) is 0 Å². The lowest BCUT2D eigenvalue weighted by molar-refractivity contribution is 1.78. The Balaban J connectivity index is 1.63. The zero-order valence-corrected chi connectivity index (χ0v) is 16.4. The molecule has 138 valence electrons. The van der Waals surface area contributed by atoms with Gasteiger partial charge in [0.25, 0.3) is 0 Å². The molecule has 0 heteroatoms. The molecule has 0 bridgehead atoms. The van der Waals surface area contributed by atoms with E-state index in [1.54, 1.807) is 0 Å². The van der Waals surface area contributed by atoms with Gasteiger partial charge in [0.2, 0.25) is 0 Å². The maximum Gasteiger partial charge on any atom is -0.00987 e. The molecule has 0 unspecified atom stereocenters. The van der Waals surface area contributed by atoms with E-state index in [0.29, 0.717) is 0 Å². The van der Waals surface area contributed by atoms with Gasteiger partial charge in [-0.05, 0) is 88.9 Å². The lowest BCUT2D eigenvalue weighted by Gasteiger charge is -2.11. The molecule has 30 heavy (non-hydrogen) atoms. The first-order valence-electron chi connectivity index (χ1n) is 10.4. The average Bonchev–Trinajstić information content (AvgIpc) is 2.81. The van der Waals surface area contributed by atoms with Crippen molar-refractivity contribution in [1.29, 1.82) is 0 Å². The fourth-order valence-corrected chi connectivity index (χ4v) is 5.08. The molecule has 0 nitrogen and oxygen atoms in total. The highest BCUT2D eigenvalue weighted by Crippen LogP contribution is 2.35. The van der Waals surface area contributed by atoms with Gasteiger partial charge in [-0.2, -0.15) is 0 Å². The summed E-state index contributed by atoms with van der Waals surface area (Å²) < 4.78 is 0. The van der Waals surface area contributed by atoms with Crippen molar-refractivity contribution in [2.45, 2.75) is 0 Å². The average molecular weight is 378 g/mol. The lowest BCUT2D eigenvalue weighted by atomic mass is 9.93. The van der Waals surface area contributed by atoms with E-state index >= 15 is 0 Å². The van der Waals surface area contributed by atoms with E-state index in [0.717, 1.165) is 0 Å². The molecule has 0 saturated carbocycles. The Kier molecular flexibility index (Phi) is 3.09. The molecule has 7 aromatic carbocycles. The summed E-state index contributed by atoms with van der Waals surface area (Å²) in [5.41, 5.74) is 0. The first-order valence-corrected chi connectivity index (χ1v) is 10.4. The summed E-state index contributed by atoms with van der Waals surface area (Å²) in [6, 6.07) is 40.3. The van der Waals surface area contributed by atoms with E-state index in [1.165, 1.54) is 64.6 Å². The van der Waals surface area contributed by atoms with Gasteiger partial charge in [0.1, 0.15) is 0 Å². The van der Waals surface area contributed by atoms with Crippen molar-refractivity contribution in [2.75, 3.05) is 0 Å². The number of hydrogen-bond donors (Lipinski definition) is 0. The van der Waals surface area contributed by atoms with Gasteiger partial charge in [0.05, 0.1) is 0 Å². The summed E-state index contributed by atoms with van der Waals surface area (Å²) in [6.45, 7) is 0. The van der Waals surface area contributed by atoms with Crippen LogP contribution in [0.1, 0.15) is 0 Å². The molecule has 0 heterocycles. The fraction of sp³-hybridized carbons (Fsp3) is 0. The van der Waals surface area contributed by atoms with E-state index < -0.39 is 0 Å². The lowest BCUT2D eigenvalue weighted by Crippen LogP contribution is -1.83. The highest BCUT2D eigenvalue weighted by molar-refractivity contribution is 6.20. The SMILES string of the molecule is c1ccc2c(c1)ccc1cc3cc4ccc5c6ccccc6ccc5c4cc3cc12. The molecule has 0 aliphatic heterocycles. The third kappa shape index (κ3) is 2.16. The molecule has 0 amide bonds.